The topological polar surface area (TPSA) is 163 Å². The van der Waals surface area contributed by atoms with Crippen molar-refractivity contribution in [3.8, 4) is 5.75 Å². The molecule has 4 aromatic rings. The van der Waals surface area contributed by atoms with Crippen molar-refractivity contribution in [2.75, 3.05) is 76.3 Å². The Morgan fingerprint density at radius 2 is 1.79 bits per heavy atom. The van der Waals surface area contributed by atoms with Gasteiger partial charge < -0.3 is 15.0 Å². The molecule has 2 aromatic heterocycles. The van der Waals surface area contributed by atoms with Crippen LogP contribution >= 0.6 is 23.8 Å². The van der Waals surface area contributed by atoms with Gasteiger partial charge in [-0.25, -0.2) is 18.3 Å². The highest BCUT2D eigenvalue weighted by Gasteiger charge is 2.28. The monoisotopic (exact) mass is 792 g/mol. The Bertz CT molecular complexity index is 1980. The van der Waals surface area contributed by atoms with Gasteiger partial charge in [-0.1, -0.05) is 36.4 Å². The molecule has 1 atom stereocenters. The third-order valence-electron chi connectivity index (χ3n) is 8.37. The Morgan fingerprint density at radius 1 is 1.04 bits per heavy atom. The zero-order valence-electron chi connectivity index (χ0n) is 29.3. The predicted molar refractivity (Wildman–Crippen MR) is 206 cm³/mol. The van der Waals surface area contributed by atoms with E-state index in [0.29, 0.717) is 80.4 Å². The van der Waals surface area contributed by atoms with Crippen LogP contribution in [0.25, 0.3) is 10.9 Å². The highest BCUT2D eigenvalue weighted by Crippen LogP contribution is 2.34. The number of aromatic nitrogens is 2. The normalized spacial score (nSPS) is 15.1. The zero-order chi connectivity index (χ0) is 37.1. The number of anilines is 1. The Labute approximate surface area is 313 Å². The maximum atomic E-state index is 13.7. The summed E-state index contributed by atoms with van der Waals surface area (Å²) in [7, 11) is -4.44. The standard InChI is InChI=1S/C34H44N6O8S4/c1-38(52(44,45)32-12-7-8-13-35-32)31-22-28(47-18-9-19-50-48-46-2)20-27-21-30(37-33(27)31)34(41)36-23-29(49-25-26-10-5-4-6-11-26)24-39-14-16-40(17-15-39)51(3,42)43/h4-8,10-13,20-22,29,37H,9,14-19,23-25H2,1-3H3,(H,36,41). The van der Waals surface area contributed by atoms with Crippen LogP contribution in [0, 0.1) is 0 Å². The van der Waals surface area contributed by atoms with Crippen molar-refractivity contribution in [3.63, 3.8) is 0 Å². The number of sulfonamides is 2. The second-order valence-electron chi connectivity index (χ2n) is 12.1. The van der Waals surface area contributed by atoms with Crippen LogP contribution in [-0.4, -0.2) is 119 Å². The summed E-state index contributed by atoms with van der Waals surface area (Å²) in [5, 5.41) is 3.56. The number of pyridine rings is 1. The molecular formula is C34H44N6O8S4. The van der Waals surface area contributed by atoms with Crippen LogP contribution in [0.5, 0.6) is 5.75 Å². The first-order chi connectivity index (χ1) is 25.0. The van der Waals surface area contributed by atoms with Crippen LogP contribution < -0.4 is 14.4 Å². The zero-order valence-corrected chi connectivity index (χ0v) is 32.5. The van der Waals surface area contributed by atoms with E-state index in [-0.39, 0.29) is 21.9 Å². The van der Waals surface area contributed by atoms with E-state index in [1.165, 1.54) is 42.5 Å². The summed E-state index contributed by atoms with van der Waals surface area (Å²) >= 11 is 2.88. The molecule has 0 bridgehead atoms. The van der Waals surface area contributed by atoms with Crippen LogP contribution in [0.3, 0.4) is 0 Å². The van der Waals surface area contributed by atoms with Crippen LogP contribution in [-0.2, 0) is 35.0 Å². The van der Waals surface area contributed by atoms with Gasteiger partial charge in [0, 0.05) is 92.8 Å². The fraction of sp³-hybridized carbons (Fsp3) is 0.412. The molecule has 2 aromatic carbocycles. The molecule has 14 nitrogen and oxygen atoms in total. The highest BCUT2D eigenvalue weighted by atomic mass is 32.2. The molecule has 0 spiro atoms. The number of hydrogen-bond acceptors (Lipinski definition) is 12. The fourth-order valence-corrected chi connectivity index (χ4v) is 9.10. The van der Waals surface area contributed by atoms with Gasteiger partial charge in [-0.2, -0.15) is 28.8 Å². The predicted octanol–water partition coefficient (Wildman–Crippen LogP) is 3.99. The van der Waals surface area contributed by atoms with Crippen molar-refractivity contribution >= 4 is 66.3 Å². The van der Waals surface area contributed by atoms with Crippen molar-refractivity contribution in [2.24, 2.45) is 0 Å². The molecule has 1 aliphatic rings. The van der Waals surface area contributed by atoms with E-state index in [0.717, 1.165) is 22.1 Å². The number of carbonyl (C=O) groups is 1. The first-order valence-corrected chi connectivity index (χ1v) is 21.8. The summed E-state index contributed by atoms with van der Waals surface area (Å²) in [6, 6.07) is 19.8. The lowest BCUT2D eigenvalue weighted by Crippen LogP contribution is -2.50. The third-order valence-corrected chi connectivity index (χ3v) is 13.3. The molecule has 1 fully saturated rings. The van der Waals surface area contributed by atoms with E-state index >= 15 is 0 Å². The quantitative estimate of drug-likeness (QED) is 0.0609. The number of hydrogen-bond donors (Lipinski definition) is 2. The molecule has 0 aliphatic carbocycles. The summed E-state index contributed by atoms with van der Waals surface area (Å²) in [5.74, 6) is 1.45. The minimum Gasteiger partial charge on any atom is -0.493 e. The van der Waals surface area contributed by atoms with Crippen LogP contribution in [0.4, 0.5) is 5.69 Å². The van der Waals surface area contributed by atoms with Crippen molar-refractivity contribution in [1.29, 1.82) is 0 Å². The number of benzene rings is 2. The average Bonchev–Trinajstić information content (AvgIpc) is 3.58. The summed E-state index contributed by atoms with van der Waals surface area (Å²) in [4.78, 5) is 27.7. The molecule has 1 saturated heterocycles. The summed E-state index contributed by atoms with van der Waals surface area (Å²) in [6.45, 7) is 3.43. The Balaban J connectivity index is 1.34. The lowest BCUT2D eigenvalue weighted by Gasteiger charge is -2.35. The summed E-state index contributed by atoms with van der Waals surface area (Å²) in [5.41, 5.74) is 2.17. The largest absolute Gasteiger partial charge is 0.493 e. The number of thioether (sulfide) groups is 1. The van der Waals surface area contributed by atoms with E-state index in [9.17, 15) is 21.6 Å². The van der Waals surface area contributed by atoms with Crippen LogP contribution in [0.2, 0.25) is 0 Å². The van der Waals surface area contributed by atoms with E-state index in [1.807, 2.05) is 18.2 Å². The first kappa shape index (κ1) is 39.8. The molecule has 52 heavy (non-hydrogen) atoms. The smallest absolute Gasteiger partial charge is 0.281 e. The minimum atomic E-state index is -4.05. The van der Waals surface area contributed by atoms with Crippen molar-refractivity contribution in [2.45, 2.75) is 22.4 Å². The second kappa shape index (κ2) is 18.6. The molecule has 0 saturated carbocycles. The molecule has 1 unspecified atom stereocenters. The van der Waals surface area contributed by atoms with Gasteiger partial charge in [0.25, 0.3) is 15.9 Å². The average molecular weight is 793 g/mol. The molecular weight excluding hydrogens is 749 g/mol. The molecule has 1 aliphatic heterocycles. The maximum Gasteiger partial charge on any atom is 0.281 e. The van der Waals surface area contributed by atoms with Crippen molar-refractivity contribution in [1.82, 2.24) is 24.5 Å². The molecule has 282 valence electrons. The number of H-pyrrole nitrogens is 1. The number of nitrogens with one attached hydrogen (secondary N) is 2. The summed E-state index contributed by atoms with van der Waals surface area (Å²) < 4.78 is 64.8. The van der Waals surface area contributed by atoms with Gasteiger partial charge in [0.05, 0.1) is 31.2 Å². The first-order valence-electron chi connectivity index (χ1n) is 16.6. The van der Waals surface area contributed by atoms with Gasteiger partial charge in [-0.15, -0.1) is 0 Å². The molecule has 1 amide bonds. The van der Waals surface area contributed by atoms with Gasteiger partial charge >= 0.3 is 0 Å². The number of aromatic amines is 1. The van der Waals surface area contributed by atoms with Crippen LogP contribution in [0.15, 0.2) is 78.0 Å². The van der Waals surface area contributed by atoms with E-state index in [2.05, 4.69) is 37.2 Å². The van der Waals surface area contributed by atoms with Gasteiger partial charge in [0.2, 0.25) is 10.0 Å². The third kappa shape index (κ3) is 10.8. The van der Waals surface area contributed by atoms with Crippen LogP contribution in [0.1, 0.15) is 22.5 Å². The maximum absolute atomic E-state index is 13.7. The number of fused-ring (bicyclic) bond motifs is 1. The second-order valence-corrected chi connectivity index (χ2v) is 18.0. The van der Waals surface area contributed by atoms with E-state index < -0.39 is 20.0 Å². The number of rotatable bonds is 19. The lowest BCUT2D eigenvalue weighted by atomic mass is 10.2. The molecule has 3 heterocycles. The van der Waals surface area contributed by atoms with E-state index in [1.54, 1.807) is 42.1 Å². The number of carbonyl (C=O) groups excluding carboxylic acids is 1. The number of nitrogens with zero attached hydrogens (tertiary/aromatic N) is 4. The Hall–Kier alpha value is -3.36. The molecule has 0 radical (unpaired) electrons. The van der Waals surface area contributed by atoms with Gasteiger partial charge in [-0.3, -0.25) is 14.0 Å². The number of amides is 1. The summed E-state index contributed by atoms with van der Waals surface area (Å²) in [6.07, 6.45) is 3.29. The fourth-order valence-electron chi connectivity index (χ4n) is 5.61. The SMILES string of the molecule is COOSCCCOc1cc(N(C)S(=O)(=O)c2ccccn2)c2[nH]c(C(=O)NCC(CN3CCN(S(C)(=O)=O)CC3)SCc3ccccc3)cc2c1. The van der Waals surface area contributed by atoms with Gasteiger partial charge in [0.1, 0.15) is 11.4 Å². The molecule has 2 N–H and O–H groups in total. The minimum absolute atomic E-state index is 0.0102. The van der Waals surface area contributed by atoms with Gasteiger partial charge in [0.15, 0.2) is 5.03 Å². The highest BCUT2D eigenvalue weighted by molar-refractivity contribution is 7.99. The Morgan fingerprint density at radius 3 is 2.48 bits per heavy atom. The van der Waals surface area contributed by atoms with Gasteiger partial charge in [-0.05, 0) is 36.2 Å². The number of piperazine rings is 1. The van der Waals surface area contributed by atoms with Crippen molar-refractivity contribution < 1.29 is 35.6 Å². The number of ether oxygens (including phenoxy) is 1. The van der Waals surface area contributed by atoms with Crippen molar-refractivity contribution in [3.05, 3.63) is 84.2 Å². The van der Waals surface area contributed by atoms with E-state index in [4.69, 9.17) is 9.07 Å². The molecule has 5 rings (SSSR count). The molecule has 18 heteroatoms. The Kier molecular flexibility index (Phi) is 14.3. The lowest BCUT2D eigenvalue weighted by molar-refractivity contribution is -0.160.